The lowest BCUT2D eigenvalue weighted by atomic mass is 10.2. The minimum Gasteiger partial charge on any atom is -0.355 e. The summed E-state index contributed by atoms with van der Waals surface area (Å²) in [5.74, 6) is -0.393. The number of hydrogen-bond donors (Lipinski definition) is 2. The van der Waals surface area contributed by atoms with Crippen LogP contribution in [0.1, 0.15) is 29.0 Å². The molecule has 2 rings (SSSR count). The first-order chi connectivity index (χ1) is 10.8. The third-order valence-corrected chi connectivity index (χ3v) is 5.20. The maximum atomic E-state index is 12.5. The van der Waals surface area contributed by atoms with Crippen LogP contribution < -0.4 is 10.0 Å². The van der Waals surface area contributed by atoms with Crippen molar-refractivity contribution in [3.8, 4) is 0 Å². The average molecular weight is 354 g/mol. The van der Waals surface area contributed by atoms with Crippen molar-refractivity contribution in [2.45, 2.75) is 17.9 Å². The summed E-state index contributed by atoms with van der Waals surface area (Å²) in [6.07, 6.45) is 1.58. The van der Waals surface area contributed by atoms with Crippen molar-refractivity contribution in [3.05, 3.63) is 58.9 Å². The molecule has 6 nitrogen and oxygen atoms in total. The van der Waals surface area contributed by atoms with Crippen LogP contribution in [0.15, 0.2) is 47.5 Å². The van der Waals surface area contributed by atoms with E-state index in [-0.39, 0.29) is 15.5 Å². The van der Waals surface area contributed by atoms with Crippen LogP contribution in [-0.2, 0) is 10.0 Å². The number of aromatic nitrogens is 1. The van der Waals surface area contributed by atoms with Gasteiger partial charge in [0.1, 0.15) is 4.90 Å². The fraction of sp³-hybridized carbons (Fsp3) is 0.200. The highest BCUT2D eigenvalue weighted by Crippen LogP contribution is 2.24. The van der Waals surface area contributed by atoms with E-state index in [2.05, 4.69) is 15.0 Å². The van der Waals surface area contributed by atoms with Gasteiger partial charge in [-0.05, 0) is 37.3 Å². The van der Waals surface area contributed by atoms with E-state index >= 15 is 0 Å². The molecule has 0 fully saturated rings. The van der Waals surface area contributed by atoms with Crippen molar-refractivity contribution in [1.29, 1.82) is 0 Å². The summed E-state index contributed by atoms with van der Waals surface area (Å²) < 4.78 is 27.6. The van der Waals surface area contributed by atoms with Gasteiger partial charge < -0.3 is 5.32 Å². The second kappa shape index (κ2) is 7.08. The molecule has 2 aromatic rings. The van der Waals surface area contributed by atoms with E-state index in [1.54, 1.807) is 31.3 Å². The number of carbonyl (C=O) groups is 1. The van der Waals surface area contributed by atoms with Gasteiger partial charge in [0.15, 0.2) is 0 Å². The Morgan fingerprint density at radius 3 is 2.61 bits per heavy atom. The largest absolute Gasteiger partial charge is 0.355 e. The quantitative estimate of drug-likeness (QED) is 0.861. The number of amides is 1. The van der Waals surface area contributed by atoms with Gasteiger partial charge in [-0.2, -0.15) is 0 Å². The van der Waals surface area contributed by atoms with Crippen molar-refractivity contribution < 1.29 is 13.2 Å². The normalized spacial score (nSPS) is 12.7. The first-order valence-corrected chi connectivity index (χ1v) is 8.66. The monoisotopic (exact) mass is 353 g/mol. The number of rotatable bonds is 5. The van der Waals surface area contributed by atoms with Gasteiger partial charge in [0.05, 0.1) is 16.8 Å². The molecule has 122 valence electrons. The maximum Gasteiger partial charge on any atom is 0.251 e. The Bertz CT molecular complexity index is 810. The summed E-state index contributed by atoms with van der Waals surface area (Å²) in [4.78, 5) is 15.6. The van der Waals surface area contributed by atoms with Crippen molar-refractivity contribution in [3.63, 3.8) is 0 Å². The first kappa shape index (κ1) is 17.4. The Balaban J connectivity index is 2.34. The summed E-state index contributed by atoms with van der Waals surface area (Å²) in [5, 5.41) is 2.48. The van der Waals surface area contributed by atoms with Crippen LogP contribution in [0.25, 0.3) is 0 Å². The fourth-order valence-corrected chi connectivity index (χ4v) is 3.73. The topological polar surface area (TPSA) is 88.2 Å². The molecule has 0 bridgehead atoms. The SMILES string of the molecule is CNC(=O)c1ccc(Cl)c(S(=O)(=O)N[C@@H](C)c2ccccn2)c1. The predicted molar refractivity (Wildman–Crippen MR) is 87.8 cm³/mol. The molecule has 0 aliphatic rings. The Kier molecular flexibility index (Phi) is 5.35. The van der Waals surface area contributed by atoms with Crippen molar-refractivity contribution in [2.24, 2.45) is 0 Å². The number of nitrogens with zero attached hydrogens (tertiary/aromatic N) is 1. The molecule has 0 aliphatic carbocycles. The third kappa shape index (κ3) is 4.07. The molecule has 1 amide bonds. The lowest BCUT2D eigenvalue weighted by Crippen LogP contribution is -2.28. The van der Waals surface area contributed by atoms with E-state index in [1.807, 2.05) is 0 Å². The van der Waals surface area contributed by atoms with Crippen molar-refractivity contribution in [2.75, 3.05) is 7.05 Å². The van der Waals surface area contributed by atoms with E-state index in [9.17, 15) is 13.2 Å². The van der Waals surface area contributed by atoms with Gasteiger partial charge in [0.2, 0.25) is 10.0 Å². The summed E-state index contributed by atoms with van der Waals surface area (Å²) in [6.45, 7) is 1.68. The molecule has 0 radical (unpaired) electrons. The van der Waals surface area contributed by atoms with Gasteiger partial charge in [0, 0.05) is 18.8 Å². The fourth-order valence-electron chi connectivity index (χ4n) is 1.98. The molecular formula is C15H16ClN3O3S. The maximum absolute atomic E-state index is 12.5. The molecule has 1 aromatic carbocycles. The minimum atomic E-state index is -3.90. The highest BCUT2D eigenvalue weighted by Gasteiger charge is 2.23. The van der Waals surface area contributed by atoms with Crippen molar-refractivity contribution >= 4 is 27.5 Å². The zero-order chi connectivity index (χ0) is 17.0. The number of hydrogen-bond acceptors (Lipinski definition) is 4. The van der Waals surface area contributed by atoms with E-state index in [1.165, 1.54) is 25.2 Å². The molecule has 1 aromatic heterocycles. The van der Waals surface area contributed by atoms with Crippen molar-refractivity contribution in [1.82, 2.24) is 15.0 Å². The van der Waals surface area contributed by atoms with E-state index < -0.39 is 22.0 Å². The third-order valence-electron chi connectivity index (χ3n) is 3.17. The second-order valence-corrected chi connectivity index (χ2v) is 6.91. The molecule has 0 unspecified atom stereocenters. The molecule has 1 atom stereocenters. The zero-order valence-electron chi connectivity index (χ0n) is 12.6. The Morgan fingerprint density at radius 2 is 2.00 bits per heavy atom. The molecule has 1 heterocycles. The molecule has 8 heteroatoms. The average Bonchev–Trinajstić information content (AvgIpc) is 2.54. The number of halogens is 1. The number of carbonyl (C=O) groups excluding carboxylic acids is 1. The molecule has 0 saturated carbocycles. The number of sulfonamides is 1. The highest BCUT2D eigenvalue weighted by atomic mass is 35.5. The van der Waals surface area contributed by atoms with Gasteiger partial charge in [-0.3, -0.25) is 9.78 Å². The highest BCUT2D eigenvalue weighted by molar-refractivity contribution is 7.89. The van der Waals surface area contributed by atoms with Gasteiger partial charge in [-0.15, -0.1) is 0 Å². The van der Waals surface area contributed by atoms with Gasteiger partial charge in [-0.1, -0.05) is 17.7 Å². The summed E-state index contributed by atoms with van der Waals surface area (Å²) in [6, 6.07) is 8.78. The molecular weight excluding hydrogens is 338 g/mol. The molecule has 23 heavy (non-hydrogen) atoms. The molecule has 2 N–H and O–H groups in total. The van der Waals surface area contributed by atoms with Crippen LogP contribution >= 0.6 is 11.6 Å². The Hall–Kier alpha value is -1.96. The standard InChI is InChI=1S/C15H16ClN3O3S/c1-10(13-5-3-4-8-18-13)19-23(21,22)14-9-11(15(20)17-2)6-7-12(14)16/h3-10,19H,1-2H3,(H,17,20)/t10-/m0/s1. The lowest BCUT2D eigenvalue weighted by Gasteiger charge is -2.15. The first-order valence-electron chi connectivity index (χ1n) is 6.80. The number of benzene rings is 1. The Labute approximate surface area is 139 Å². The number of pyridine rings is 1. The minimum absolute atomic E-state index is 0.0402. The summed E-state index contributed by atoms with van der Waals surface area (Å²) in [5.41, 5.74) is 0.789. The molecule has 0 aliphatic heterocycles. The molecule has 0 spiro atoms. The molecule has 0 saturated heterocycles. The van der Waals surface area contributed by atoms with Crippen LogP contribution in [-0.4, -0.2) is 26.4 Å². The smallest absolute Gasteiger partial charge is 0.251 e. The van der Waals surface area contributed by atoms with Crippen LogP contribution in [0.5, 0.6) is 0 Å². The van der Waals surface area contributed by atoms with E-state index in [4.69, 9.17) is 11.6 Å². The summed E-state index contributed by atoms with van der Waals surface area (Å²) >= 11 is 5.99. The van der Waals surface area contributed by atoms with Crippen LogP contribution in [0.4, 0.5) is 0 Å². The Morgan fingerprint density at radius 1 is 1.26 bits per heavy atom. The van der Waals surface area contributed by atoms with E-state index in [0.29, 0.717) is 5.69 Å². The zero-order valence-corrected chi connectivity index (χ0v) is 14.1. The number of nitrogens with one attached hydrogen (secondary N) is 2. The van der Waals surface area contributed by atoms with Crippen LogP contribution in [0, 0.1) is 0 Å². The lowest BCUT2D eigenvalue weighted by molar-refractivity contribution is 0.0963. The van der Waals surface area contributed by atoms with Crippen LogP contribution in [0.2, 0.25) is 5.02 Å². The second-order valence-electron chi connectivity index (χ2n) is 4.82. The van der Waals surface area contributed by atoms with Gasteiger partial charge in [0.25, 0.3) is 5.91 Å². The predicted octanol–water partition coefficient (Wildman–Crippen LogP) is 2.13. The summed E-state index contributed by atoms with van der Waals surface area (Å²) in [7, 11) is -2.44. The van der Waals surface area contributed by atoms with Gasteiger partial charge in [-0.25, -0.2) is 13.1 Å². The van der Waals surface area contributed by atoms with Crippen LogP contribution in [0.3, 0.4) is 0 Å². The van der Waals surface area contributed by atoms with Gasteiger partial charge >= 0.3 is 0 Å². The van der Waals surface area contributed by atoms with E-state index in [0.717, 1.165) is 0 Å².